The number of nitro benzene ring substituents is 1. The molecule has 1 atom stereocenters. The molecule has 0 fully saturated rings. The average Bonchev–Trinajstić information content (AvgIpc) is 3.09. The van der Waals surface area contributed by atoms with Crippen LogP contribution in [-0.4, -0.2) is 47.5 Å². The molecule has 3 aromatic carbocycles. The van der Waals surface area contributed by atoms with E-state index < -0.39 is 32.8 Å². The molecule has 0 spiro atoms. The lowest BCUT2D eigenvalue weighted by Gasteiger charge is -2.37. The van der Waals surface area contributed by atoms with Gasteiger partial charge in [0.05, 0.1) is 33.5 Å². The van der Waals surface area contributed by atoms with E-state index in [0.29, 0.717) is 17.5 Å². The number of aryl methyl sites for hydroxylation is 1. The van der Waals surface area contributed by atoms with Gasteiger partial charge in [-0.15, -0.1) is 0 Å². The lowest BCUT2D eigenvalue weighted by molar-refractivity contribution is -0.385. The van der Waals surface area contributed by atoms with Crippen molar-refractivity contribution < 1.29 is 22.9 Å². The summed E-state index contributed by atoms with van der Waals surface area (Å²) < 4.78 is 28.8. The molecule has 3 aromatic rings. The molecule has 35 heavy (non-hydrogen) atoms. The van der Waals surface area contributed by atoms with E-state index in [-0.39, 0.29) is 34.8 Å². The summed E-state index contributed by atoms with van der Waals surface area (Å²) in [6, 6.07) is 16.8. The number of fused-ring (bicyclic) bond motifs is 2. The van der Waals surface area contributed by atoms with Gasteiger partial charge in [0.15, 0.2) is 0 Å². The second kappa shape index (κ2) is 8.40. The number of nitrogens with zero attached hydrogens (tertiary/aromatic N) is 3. The number of imide groups is 1. The average molecular weight is 492 g/mol. The summed E-state index contributed by atoms with van der Waals surface area (Å²) in [6.45, 7) is 1.47. The van der Waals surface area contributed by atoms with Crippen molar-refractivity contribution in [2.75, 3.05) is 13.1 Å². The highest BCUT2D eigenvalue weighted by molar-refractivity contribution is 7.89. The van der Waals surface area contributed by atoms with E-state index in [1.54, 1.807) is 36.4 Å². The number of benzene rings is 3. The van der Waals surface area contributed by atoms with Crippen LogP contribution in [0.2, 0.25) is 0 Å². The maximum atomic E-state index is 13.8. The fourth-order valence-electron chi connectivity index (χ4n) is 4.77. The molecule has 0 radical (unpaired) electrons. The largest absolute Gasteiger partial charge is 0.273 e. The van der Waals surface area contributed by atoms with Crippen molar-refractivity contribution >= 4 is 27.5 Å². The van der Waals surface area contributed by atoms with Crippen LogP contribution >= 0.6 is 0 Å². The minimum atomic E-state index is -4.19. The Labute approximate surface area is 201 Å². The van der Waals surface area contributed by atoms with Crippen molar-refractivity contribution in [3.05, 3.63) is 105 Å². The smallest absolute Gasteiger partial charge is 0.272 e. The monoisotopic (exact) mass is 491 g/mol. The third-order valence-corrected chi connectivity index (χ3v) is 8.48. The first-order valence-electron chi connectivity index (χ1n) is 11.0. The predicted octanol–water partition coefficient (Wildman–Crippen LogP) is 3.49. The standard InChI is InChI=1S/C25H21N3O6S/c1-16-10-11-18(14-22(16)28(31)32)35(33,34)27-13-12-17-6-2-3-7-19(17)23(27)15-26-24(29)20-8-4-5-9-21(20)25(26)30/h2-11,14,23H,12-13,15H2,1H3/t23-/m1/s1. The van der Waals surface area contributed by atoms with E-state index in [9.17, 15) is 28.1 Å². The molecule has 0 bridgehead atoms. The quantitative estimate of drug-likeness (QED) is 0.306. The zero-order valence-corrected chi connectivity index (χ0v) is 19.6. The van der Waals surface area contributed by atoms with Gasteiger partial charge in [-0.3, -0.25) is 24.6 Å². The maximum Gasteiger partial charge on any atom is 0.273 e. The molecular formula is C25H21N3O6S. The fraction of sp³-hybridized carbons (Fsp3) is 0.200. The van der Waals surface area contributed by atoms with Crippen molar-refractivity contribution in [2.24, 2.45) is 0 Å². The first-order chi connectivity index (χ1) is 16.7. The van der Waals surface area contributed by atoms with Gasteiger partial charge in [0.2, 0.25) is 10.0 Å². The topological polar surface area (TPSA) is 118 Å². The van der Waals surface area contributed by atoms with Crippen LogP contribution in [0.4, 0.5) is 5.69 Å². The third kappa shape index (κ3) is 3.71. The van der Waals surface area contributed by atoms with Crippen molar-refractivity contribution in [2.45, 2.75) is 24.3 Å². The Kier molecular flexibility index (Phi) is 5.49. The molecule has 178 valence electrons. The van der Waals surface area contributed by atoms with Gasteiger partial charge >= 0.3 is 0 Å². The lowest BCUT2D eigenvalue weighted by Crippen LogP contribution is -2.46. The van der Waals surface area contributed by atoms with Crippen molar-refractivity contribution in [1.29, 1.82) is 0 Å². The van der Waals surface area contributed by atoms with Crippen LogP contribution in [0.1, 0.15) is 43.4 Å². The Hall–Kier alpha value is -3.89. The molecule has 2 aliphatic rings. The molecule has 0 saturated heterocycles. The molecule has 0 aliphatic carbocycles. The molecule has 0 aromatic heterocycles. The Balaban J connectivity index is 1.58. The molecule has 10 heteroatoms. The number of sulfonamides is 1. The molecular weight excluding hydrogens is 470 g/mol. The van der Waals surface area contributed by atoms with Gasteiger partial charge in [0, 0.05) is 18.2 Å². The lowest BCUT2D eigenvalue weighted by atomic mass is 9.94. The minimum absolute atomic E-state index is 0.106. The number of rotatable bonds is 5. The molecule has 5 rings (SSSR count). The van der Waals surface area contributed by atoms with Gasteiger partial charge in [-0.05, 0) is 42.7 Å². The van der Waals surface area contributed by atoms with E-state index in [2.05, 4.69) is 0 Å². The molecule has 0 unspecified atom stereocenters. The van der Waals surface area contributed by atoms with E-state index in [1.807, 2.05) is 12.1 Å². The first-order valence-corrected chi connectivity index (χ1v) is 12.4. The SMILES string of the molecule is Cc1ccc(S(=O)(=O)N2CCc3ccccc3[C@H]2CN2C(=O)c3ccccc3C2=O)cc1[N+](=O)[O-]. The van der Waals surface area contributed by atoms with Crippen molar-refractivity contribution in [1.82, 2.24) is 9.21 Å². The van der Waals surface area contributed by atoms with Gasteiger partial charge in [-0.2, -0.15) is 4.31 Å². The van der Waals surface area contributed by atoms with Crippen LogP contribution in [0.5, 0.6) is 0 Å². The zero-order valence-electron chi connectivity index (χ0n) is 18.7. The van der Waals surface area contributed by atoms with Gasteiger partial charge in [0.1, 0.15) is 0 Å². The van der Waals surface area contributed by atoms with Crippen molar-refractivity contribution in [3.8, 4) is 0 Å². The summed E-state index contributed by atoms with van der Waals surface area (Å²) in [4.78, 5) is 37.8. The van der Waals surface area contributed by atoms with E-state index in [0.717, 1.165) is 16.5 Å². The number of nitro groups is 1. The Bertz CT molecular complexity index is 1470. The molecule has 9 nitrogen and oxygen atoms in total. The second-order valence-corrected chi connectivity index (χ2v) is 10.4. The van der Waals surface area contributed by atoms with Gasteiger partial charge in [-0.1, -0.05) is 42.5 Å². The highest BCUT2D eigenvalue weighted by Crippen LogP contribution is 2.37. The zero-order chi connectivity index (χ0) is 24.9. The highest BCUT2D eigenvalue weighted by Gasteiger charge is 2.42. The van der Waals surface area contributed by atoms with Crippen LogP contribution in [0, 0.1) is 17.0 Å². The van der Waals surface area contributed by atoms with Gasteiger partial charge < -0.3 is 0 Å². The minimum Gasteiger partial charge on any atom is -0.272 e. The Morgan fingerprint density at radius 2 is 1.60 bits per heavy atom. The number of carbonyl (C=O) groups is 2. The Morgan fingerprint density at radius 1 is 0.971 bits per heavy atom. The van der Waals surface area contributed by atoms with Gasteiger partial charge in [-0.25, -0.2) is 8.42 Å². The summed E-state index contributed by atoms with van der Waals surface area (Å²) in [6.07, 6.45) is 0.433. The highest BCUT2D eigenvalue weighted by atomic mass is 32.2. The van der Waals surface area contributed by atoms with Crippen molar-refractivity contribution in [3.63, 3.8) is 0 Å². The van der Waals surface area contributed by atoms with E-state index in [1.165, 1.54) is 23.4 Å². The molecule has 2 aliphatic heterocycles. The number of hydrogen-bond acceptors (Lipinski definition) is 6. The van der Waals surface area contributed by atoms with E-state index in [4.69, 9.17) is 0 Å². The summed E-state index contributed by atoms with van der Waals surface area (Å²) in [5.74, 6) is -0.950. The number of hydrogen-bond donors (Lipinski definition) is 0. The molecule has 0 N–H and O–H groups in total. The van der Waals surface area contributed by atoms with Crippen LogP contribution < -0.4 is 0 Å². The number of carbonyl (C=O) groups excluding carboxylic acids is 2. The number of amides is 2. The summed E-state index contributed by atoms with van der Waals surface area (Å²) in [7, 11) is -4.19. The first kappa shape index (κ1) is 22.9. The summed E-state index contributed by atoms with van der Waals surface area (Å²) in [5, 5.41) is 11.4. The summed E-state index contributed by atoms with van der Waals surface area (Å²) in [5.41, 5.74) is 2.24. The van der Waals surface area contributed by atoms with Crippen LogP contribution in [-0.2, 0) is 16.4 Å². The molecule has 2 amide bonds. The molecule has 0 saturated carbocycles. The van der Waals surface area contributed by atoms with Crippen LogP contribution in [0.3, 0.4) is 0 Å². The fourth-order valence-corrected chi connectivity index (χ4v) is 6.38. The second-order valence-electron chi connectivity index (χ2n) is 8.55. The molecule has 2 heterocycles. The van der Waals surface area contributed by atoms with Crippen LogP contribution in [0.25, 0.3) is 0 Å². The normalized spacial score (nSPS) is 17.9. The maximum absolute atomic E-state index is 13.8. The van der Waals surface area contributed by atoms with Gasteiger partial charge in [0.25, 0.3) is 17.5 Å². The third-order valence-electron chi connectivity index (χ3n) is 6.58. The predicted molar refractivity (Wildman–Crippen MR) is 126 cm³/mol. The Morgan fingerprint density at radius 3 is 2.26 bits per heavy atom. The van der Waals surface area contributed by atoms with E-state index >= 15 is 0 Å². The van der Waals surface area contributed by atoms with Crippen LogP contribution in [0.15, 0.2) is 71.6 Å². The summed E-state index contributed by atoms with van der Waals surface area (Å²) >= 11 is 0.